The van der Waals surface area contributed by atoms with E-state index in [2.05, 4.69) is 23.6 Å². The molecule has 0 saturated carbocycles. The molecular formula is C15H32N2O2. The Bertz CT molecular complexity index is 214. The Balaban J connectivity index is 4.58. The third-order valence-corrected chi connectivity index (χ3v) is 3.96. The first kappa shape index (κ1) is 18.8. The van der Waals surface area contributed by atoms with Crippen LogP contribution in [0.1, 0.15) is 41.0 Å². The van der Waals surface area contributed by atoms with E-state index in [4.69, 9.17) is 6.92 Å². The molecule has 0 fully saturated rings. The summed E-state index contributed by atoms with van der Waals surface area (Å²) in [5.74, 6) is 0. The van der Waals surface area contributed by atoms with E-state index in [1.807, 2.05) is 20.8 Å². The highest BCUT2D eigenvalue weighted by molar-refractivity contribution is 4.79. The summed E-state index contributed by atoms with van der Waals surface area (Å²) in [6.45, 7) is 18.2. The third kappa shape index (κ3) is 6.21. The molecular weight excluding hydrogens is 240 g/mol. The zero-order valence-corrected chi connectivity index (χ0v) is 13.2. The largest absolute Gasteiger partial charge is 0.395 e. The van der Waals surface area contributed by atoms with Gasteiger partial charge in [0.15, 0.2) is 0 Å². The molecule has 0 amide bonds. The van der Waals surface area contributed by atoms with E-state index in [-0.39, 0.29) is 31.3 Å². The van der Waals surface area contributed by atoms with Crippen LogP contribution in [0.4, 0.5) is 0 Å². The fraction of sp³-hybridized carbons (Fsp3) is 0.933. The summed E-state index contributed by atoms with van der Waals surface area (Å²) in [7, 11) is 0. The van der Waals surface area contributed by atoms with Crippen LogP contribution in [0.25, 0.3) is 0 Å². The van der Waals surface area contributed by atoms with Crippen LogP contribution in [-0.2, 0) is 0 Å². The fourth-order valence-corrected chi connectivity index (χ4v) is 2.38. The topological polar surface area (TPSA) is 46.9 Å². The van der Waals surface area contributed by atoms with Gasteiger partial charge in [-0.05, 0) is 41.0 Å². The van der Waals surface area contributed by atoms with Crippen LogP contribution < -0.4 is 0 Å². The van der Waals surface area contributed by atoms with E-state index >= 15 is 0 Å². The number of aliphatic hydroxyl groups is 2. The van der Waals surface area contributed by atoms with Crippen LogP contribution in [0.2, 0.25) is 0 Å². The van der Waals surface area contributed by atoms with Crippen LogP contribution >= 0.6 is 0 Å². The average molecular weight is 272 g/mol. The Morgan fingerprint density at radius 1 is 0.842 bits per heavy atom. The number of aliphatic hydroxyl groups excluding tert-OH is 2. The van der Waals surface area contributed by atoms with Gasteiger partial charge < -0.3 is 10.2 Å². The van der Waals surface area contributed by atoms with Gasteiger partial charge in [-0.1, -0.05) is 6.92 Å². The van der Waals surface area contributed by atoms with Crippen molar-refractivity contribution in [2.75, 3.05) is 26.3 Å². The summed E-state index contributed by atoms with van der Waals surface area (Å²) in [6.07, 6.45) is 1.06. The Kier molecular flexibility index (Phi) is 9.62. The second kappa shape index (κ2) is 9.70. The third-order valence-electron chi connectivity index (χ3n) is 3.96. The van der Waals surface area contributed by atoms with E-state index in [1.54, 1.807) is 0 Å². The van der Waals surface area contributed by atoms with Gasteiger partial charge in [0.1, 0.15) is 0 Å². The molecule has 0 heterocycles. The molecule has 2 radical (unpaired) electrons. The molecule has 0 aliphatic rings. The van der Waals surface area contributed by atoms with Crippen LogP contribution in [0, 0.1) is 6.92 Å². The van der Waals surface area contributed by atoms with Crippen molar-refractivity contribution < 1.29 is 10.2 Å². The molecule has 2 N–H and O–H groups in total. The molecule has 4 nitrogen and oxygen atoms in total. The van der Waals surface area contributed by atoms with Crippen LogP contribution in [0.15, 0.2) is 0 Å². The van der Waals surface area contributed by atoms with E-state index in [1.165, 1.54) is 0 Å². The highest BCUT2D eigenvalue weighted by Crippen LogP contribution is 2.11. The van der Waals surface area contributed by atoms with Gasteiger partial charge >= 0.3 is 0 Å². The van der Waals surface area contributed by atoms with Gasteiger partial charge in [0.2, 0.25) is 0 Å². The molecule has 0 bridgehead atoms. The minimum absolute atomic E-state index is 0.0191. The van der Waals surface area contributed by atoms with Crippen molar-refractivity contribution in [3.8, 4) is 0 Å². The predicted molar refractivity (Wildman–Crippen MR) is 80.0 cm³/mol. The van der Waals surface area contributed by atoms with Crippen molar-refractivity contribution >= 4 is 0 Å². The molecule has 4 heteroatoms. The van der Waals surface area contributed by atoms with Crippen molar-refractivity contribution in [3.63, 3.8) is 0 Å². The summed E-state index contributed by atoms with van der Waals surface area (Å²) in [6, 6.07) is 0.560. The lowest BCUT2D eigenvalue weighted by molar-refractivity contribution is 0.0499. The molecule has 0 aliphatic carbocycles. The van der Waals surface area contributed by atoms with Gasteiger partial charge in [-0.2, -0.15) is 0 Å². The normalized spacial score (nSPS) is 17.2. The minimum atomic E-state index is 0.0191. The molecule has 0 aromatic rings. The highest BCUT2D eigenvalue weighted by Gasteiger charge is 2.22. The van der Waals surface area contributed by atoms with Crippen LogP contribution in [0.3, 0.4) is 0 Å². The average Bonchev–Trinajstić information content (AvgIpc) is 2.40. The zero-order valence-electron chi connectivity index (χ0n) is 13.2. The van der Waals surface area contributed by atoms with Crippen molar-refractivity contribution in [3.05, 3.63) is 6.92 Å². The number of rotatable bonds is 10. The van der Waals surface area contributed by atoms with E-state index in [0.29, 0.717) is 6.04 Å². The molecule has 114 valence electrons. The molecule has 0 saturated heterocycles. The molecule has 0 aliphatic heterocycles. The Labute approximate surface area is 119 Å². The van der Waals surface area contributed by atoms with Gasteiger partial charge in [-0.3, -0.25) is 9.80 Å². The van der Waals surface area contributed by atoms with Crippen LogP contribution in [-0.4, -0.2) is 70.5 Å². The molecule has 19 heavy (non-hydrogen) atoms. The lowest BCUT2D eigenvalue weighted by Gasteiger charge is -2.38. The van der Waals surface area contributed by atoms with Gasteiger partial charge in [-0.25, -0.2) is 0 Å². The van der Waals surface area contributed by atoms with Crippen molar-refractivity contribution in [2.45, 2.75) is 65.2 Å². The fourth-order valence-electron chi connectivity index (χ4n) is 2.38. The van der Waals surface area contributed by atoms with Crippen molar-refractivity contribution in [2.24, 2.45) is 0 Å². The first-order valence-electron chi connectivity index (χ1n) is 7.37. The Morgan fingerprint density at radius 2 is 1.26 bits per heavy atom. The van der Waals surface area contributed by atoms with E-state index in [0.717, 1.165) is 19.5 Å². The van der Waals surface area contributed by atoms with Crippen LogP contribution in [0.5, 0.6) is 0 Å². The van der Waals surface area contributed by atoms with Gasteiger partial charge in [-0.15, -0.1) is 0 Å². The van der Waals surface area contributed by atoms with Gasteiger partial charge in [0.05, 0.1) is 13.2 Å². The standard InChI is InChI=1S/C15H32N2O2/c1-7-13(4)16(12(2)3)8-9-17(14(5)10-18)15(6)11-19/h2,12-15,18-19H,7-11H2,1,3-6H3. The lowest BCUT2D eigenvalue weighted by Crippen LogP contribution is -2.50. The molecule has 4 atom stereocenters. The molecule has 0 aromatic heterocycles. The monoisotopic (exact) mass is 272 g/mol. The summed E-state index contributed by atoms with van der Waals surface area (Å²) < 4.78 is 0. The lowest BCUT2D eigenvalue weighted by atomic mass is 10.1. The van der Waals surface area contributed by atoms with Crippen molar-refractivity contribution in [1.82, 2.24) is 9.80 Å². The Morgan fingerprint density at radius 3 is 1.58 bits per heavy atom. The second-order valence-corrected chi connectivity index (χ2v) is 5.54. The van der Waals surface area contributed by atoms with Gasteiger partial charge in [0, 0.05) is 37.3 Å². The zero-order chi connectivity index (χ0) is 15.0. The molecule has 0 rings (SSSR count). The summed E-state index contributed by atoms with van der Waals surface area (Å²) in [5.41, 5.74) is 0. The maximum atomic E-state index is 9.32. The molecule has 0 spiro atoms. The maximum Gasteiger partial charge on any atom is 0.0584 e. The van der Waals surface area contributed by atoms with Gasteiger partial charge in [0.25, 0.3) is 0 Å². The molecule has 0 aromatic carbocycles. The summed E-state index contributed by atoms with van der Waals surface area (Å²) in [5, 5.41) is 18.6. The number of hydrogen-bond donors (Lipinski definition) is 2. The first-order chi connectivity index (χ1) is 8.88. The number of nitrogens with zero attached hydrogens (tertiary/aromatic N) is 2. The van der Waals surface area contributed by atoms with E-state index in [9.17, 15) is 10.2 Å². The summed E-state index contributed by atoms with van der Waals surface area (Å²) in [4.78, 5) is 4.40. The second-order valence-electron chi connectivity index (χ2n) is 5.54. The SMILES string of the molecule is [CH]C(C)N(CCN(C(C)CO)C(C)CO)C(C)CC. The highest BCUT2D eigenvalue weighted by atomic mass is 16.3. The Hall–Kier alpha value is -0.160. The number of hydrogen-bond acceptors (Lipinski definition) is 4. The van der Waals surface area contributed by atoms with E-state index < -0.39 is 0 Å². The smallest absolute Gasteiger partial charge is 0.0584 e. The first-order valence-corrected chi connectivity index (χ1v) is 7.37. The quantitative estimate of drug-likeness (QED) is 0.628. The van der Waals surface area contributed by atoms with Crippen molar-refractivity contribution in [1.29, 1.82) is 0 Å². The molecule has 4 unspecified atom stereocenters. The summed E-state index contributed by atoms with van der Waals surface area (Å²) >= 11 is 0. The minimum Gasteiger partial charge on any atom is -0.395 e. The maximum absolute atomic E-state index is 9.32. The predicted octanol–water partition coefficient (Wildman–Crippen LogP) is 1.25.